The van der Waals surface area contributed by atoms with Crippen molar-refractivity contribution in [1.29, 1.82) is 0 Å². The number of hydrogen-bond acceptors (Lipinski definition) is 3. The van der Waals surface area contributed by atoms with Gasteiger partial charge in [0.05, 0.1) is 6.04 Å². The molecule has 0 aromatic heterocycles. The predicted octanol–water partition coefficient (Wildman–Crippen LogP) is 4.36. The van der Waals surface area contributed by atoms with Gasteiger partial charge >= 0.3 is 0 Å². The molecule has 0 aliphatic carbocycles. The maximum atomic E-state index is 12.5. The second kappa shape index (κ2) is 8.81. The molecular formula is C24H27Cl2N3O2. The molecule has 2 N–H and O–H groups in total. The predicted molar refractivity (Wildman–Crippen MR) is 123 cm³/mol. The minimum atomic E-state index is -0.299. The van der Waals surface area contributed by atoms with Gasteiger partial charge in [0, 0.05) is 48.4 Å². The van der Waals surface area contributed by atoms with Crippen LogP contribution in [0.1, 0.15) is 54.0 Å². The van der Waals surface area contributed by atoms with Crippen LogP contribution in [0.3, 0.4) is 0 Å². The first-order valence-electron chi connectivity index (χ1n) is 10.6. The summed E-state index contributed by atoms with van der Waals surface area (Å²) in [5, 5.41) is 1.29. The minimum absolute atomic E-state index is 0.00924. The summed E-state index contributed by atoms with van der Waals surface area (Å²) in [7, 11) is 2.08. The zero-order valence-corrected chi connectivity index (χ0v) is 19.3. The highest BCUT2D eigenvalue weighted by Gasteiger charge is 2.36. The van der Waals surface area contributed by atoms with E-state index in [9.17, 15) is 9.59 Å². The van der Waals surface area contributed by atoms with E-state index in [0.717, 1.165) is 35.3 Å². The summed E-state index contributed by atoms with van der Waals surface area (Å²) >= 11 is 12.9. The molecule has 164 valence electrons. The Morgan fingerprint density at radius 2 is 1.81 bits per heavy atom. The number of piperidine rings is 1. The SMILES string of the molecule is CC(=O)N1CCC(C(N)=O)CC1c1ccccc1C1CN(C)Cc2c(Cl)cc(Cl)cc21. The number of carbonyl (C=O) groups is 2. The van der Waals surface area contributed by atoms with Crippen molar-refractivity contribution in [2.24, 2.45) is 11.7 Å². The lowest BCUT2D eigenvalue weighted by Gasteiger charge is -2.41. The maximum Gasteiger partial charge on any atom is 0.220 e. The summed E-state index contributed by atoms with van der Waals surface area (Å²) in [5.41, 5.74) is 10.1. The molecule has 0 saturated carbocycles. The van der Waals surface area contributed by atoms with Crippen molar-refractivity contribution >= 4 is 35.0 Å². The van der Waals surface area contributed by atoms with Gasteiger partial charge in [-0.15, -0.1) is 0 Å². The molecule has 2 aromatic carbocycles. The van der Waals surface area contributed by atoms with Crippen LogP contribution in [0.15, 0.2) is 36.4 Å². The average molecular weight is 460 g/mol. The lowest BCUT2D eigenvalue weighted by Crippen LogP contribution is -2.43. The Labute approximate surface area is 193 Å². The van der Waals surface area contributed by atoms with Crippen molar-refractivity contribution in [1.82, 2.24) is 9.80 Å². The fraction of sp³-hybridized carbons (Fsp3) is 0.417. The molecule has 3 unspecified atom stereocenters. The third-order valence-electron chi connectivity index (χ3n) is 6.63. The molecule has 0 spiro atoms. The van der Waals surface area contributed by atoms with Gasteiger partial charge in [-0.2, -0.15) is 0 Å². The van der Waals surface area contributed by atoms with Gasteiger partial charge in [-0.3, -0.25) is 9.59 Å². The van der Waals surface area contributed by atoms with E-state index in [0.29, 0.717) is 29.4 Å². The number of nitrogens with zero attached hydrogens (tertiary/aromatic N) is 2. The Hall–Kier alpha value is -2.08. The van der Waals surface area contributed by atoms with Gasteiger partial charge in [-0.05, 0) is 54.3 Å². The Balaban J connectivity index is 1.83. The van der Waals surface area contributed by atoms with Gasteiger partial charge in [0.1, 0.15) is 0 Å². The standard InChI is InChI=1S/C24H27Cl2N3O2/c1-14(30)29-8-7-15(24(27)31)9-23(29)18-6-4-3-5-17(18)20-12-28(2)13-21-19(20)10-16(25)11-22(21)26/h3-6,10-11,15,20,23H,7-9,12-13H2,1-2H3,(H2,27,31). The summed E-state index contributed by atoms with van der Waals surface area (Å²) in [6.07, 6.45) is 1.14. The second-order valence-electron chi connectivity index (χ2n) is 8.69. The summed E-state index contributed by atoms with van der Waals surface area (Å²) in [6, 6.07) is 11.8. The number of carbonyl (C=O) groups excluding carboxylic acids is 2. The zero-order valence-electron chi connectivity index (χ0n) is 17.8. The van der Waals surface area contributed by atoms with Crippen molar-refractivity contribution in [3.63, 3.8) is 0 Å². The summed E-state index contributed by atoms with van der Waals surface area (Å²) < 4.78 is 0. The molecule has 2 aromatic rings. The number of nitrogens with two attached hydrogens (primary N) is 1. The molecule has 1 saturated heterocycles. The number of rotatable bonds is 3. The van der Waals surface area contributed by atoms with Gasteiger partial charge in [0.15, 0.2) is 0 Å². The first-order valence-corrected chi connectivity index (χ1v) is 11.3. The number of primary amides is 1. The molecule has 0 radical (unpaired) electrons. The Bertz CT molecular complexity index is 1030. The molecule has 7 heteroatoms. The largest absolute Gasteiger partial charge is 0.369 e. The number of likely N-dealkylation sites (tertiary alicyclic amines) is 1. The third kappa shape index (κ3) is 4.32. The normalized spacial score (nSPS) is 24.0. The summed E-state index contributed by atoms with van der Waals surface area (Å²) in [6.45, 7) is 3.69. The monoisotopic (exact) mass is 459 g/mol. The van der Waals surface area contributed by atoms with Crippen molar-refractivity contribution < 1.29 is 9.59 Å². The number of benzene rings is 2. The smallest absolute Gasteiger partial charge is 0.220 e. The van der Waals surface area contributed by atoms with E-state index in [2.05, 4.69) is 24.1 Å². The van der Waals surface area contributed by atoms with Gasteiger partial charge in [-0.25, -0.2) is 0 Å². The van der Waals surface area contributed by atoms with Crippen LogP contribution < -0.4 is 5.73 Å². The molecule has 2 aliphatic heterocycles. The van der Waals surface area contributed by atoms with E-state index in [-0.39, 0.29) is 29.7 Å². The van der Waals surface area contributed by atoms with E-state index in [4.69, 9.17) is 28.9 Å². The highest BCUT2D eigenvalue weighted by Crippen LogP contribution is 2.43. The van der Waals surface area contributed by atoms with Crippen LogP contribution in [0.25, 0.3) is 0 Å². The fourth-order valence-electron chi connectivity index (χ4n) is 5.14. The lowest BCUT2D eigenvalue weighted by molar-refractivity contribution is -0.136. The van der Waals surface area contributed by atoms with Crippen LogP contribution >= 0.6 is 23.2 Å². The maximum absolute atomic E-state index is 12.5. The van der Waals surface area contributed by atoms with Crippen LogP contribution in [0.2, 0.25) is 10.0 Å². The Kier molecular flexibility index (Phi) is 6.29. The van der Waals surface area contributed by atoms with E-state index in [1.807, 2.05) is 23.1 Å². The Morgan fingerprint density at radius 3 is 2.48 bits per heavy atom. The fourth-order valence-corrected chi connectivity index (χ4v) is 5.71. The molecular weight excluding hydrogens is 433 g/mol. The number of halogens is 2. The van der Waals surface area contributed by atoms with Gasteiger partial charge < -0.3 is 15.5 Å². The van der Waals surface area contributed by atoms with Gasteiger partial charge in [0.2, 0.25) is 11.8 Å². The van der Waals surface area contributed by atoms with Crippen LogP contribution in [0.5, 0.6) is 0 Å². The summed E-state index contributed by atoms with van der Waals surface area (Å²) in [5.74, 6) is -0.468. The van der Waals surface area contributed by atoms with Crippen LogP contribution in [0, 0.1) is 5.92 Å². The summed E-state index contributed by atoms with van der Waals surface area (Å²) in [4.78, 5) is 28.5. The first-order chi connectivity index (χ1) is 14.8. The van der Waals surface area contributed by atoms with Gasteiger partial charge in [-0.1, -0.05) is 47.5 Å². The number of fused-ring (bicyclic) bond motifs is 1. The second-order valence-corrected chi connectivity index (χ2v) is 9.53. The molecule has 0 bridgehead atoms. The third-order valence-corrected chi connectivity index (χ3v) is 7.19. The number of amides is 2. The van der Waals surface area contributed by atoms with Crippen molar-refractivity contribution in [3.8, 4) is 0 Å². The van der Waals surface area contributed by atoms with Crippen molar-refractivity contribution in [2.75, 3.05) is 20.1 Å². The number of hydrogen-bond donors (Lipinski definition) is 1. The molecule has 31 heavy (non-hydrogen) atoms. The molecule has 2 aliphatic rings. The first kappa shape index (κ1) is 22.1. The highest BCUT2D eigenvalue weighted by atomic mass is 35.5. The molecule has 2 heterocycles. The average Bonchev–Trinajstić information content (AvgIpc) is 2.73. The van der Waals surface area contributed by atoms with Crippen molar-refractivity contribution in [2.45, 2.75) is 38.3 Å². The molecule has 3 atom stereocenters. The van der Waals surface area contributed by atoms with Crippen molar-refractivity contribution in [3.05, 3.63) is 68.7 Å². The number of likely N-dealkylation sites (N-methyl/N-ethyl adjacent to an activating group) is 1. The highest BCUT2D eigenvalue weighted by molar-refractivity contribution is 6.35. The lowest BCUT2D eigenvalue weighted by atomic mass is 9.78. The van der Waals surface area contributed by atoms with E-state index < -0.39 is 0 Å². The van der Waals surface area contributed by atoms with Crippen LogP contribution in [-0.4, -0.2) is 41.8 Å². The molecule has 1 fully saturated rings. The minimum Gasteiger partial charge on any atom is -0.369 e. The topological polar surface area (TPSA) is 66.6 Å². The van der Waals surface area contributed by atoms with E-state index >= 15 is 0 Å². The molecule has 5 nitrogen and oxygen atoms in total. The quantitative estimate of drug-likeness (QED) is 0.741. The zero-order chi connectivity index (χ0) is 22.3. The Morgan fingerprint density at radius 1 is 1.10 bits per heavy atom. The van der Waals surface area contributed by atoms with E-state index in [1.54, 1.807) is 13.0 Å². The van der Waals surface area contributed by atoms with Crippen LogP contribution in [-0.2, 0) is 16.1 Å². The molecule has 4 rings (SSSR count). The van der Waals surface area contributed by atoms with Gasteiger partial charge in [0.25, 0.3) is 0 Å². The van der Waals surface area contributed by atoms with E-state index in [1.165, 1.54) is 0 Å². The van der Waals surface area contributed by atoms with Crippen LogP contribution in [0.4, 0.5) is 0 Å². The molecule has 2 amide bonds.